The van der Waals surface area contributed by atoms with E-state index in [1.165, 1.54) is 7.11 Å². The average Bonchev–Trinajstić information content (AvgIpc) is 2.26. The van der Waals surface area contributed by atoms with Crippen LogP contribution in [0.25, 0.3) is 0 Å². The molecule has 0 aromatic heterocycles. The molecule has 0 radical (unpaired) electrons. The SMILES string of the molecule is COCCCS(=O)(=O)NCCC(C)(C)CCC(=O)O. The maximum atomic E-state index is 11.6. The van der Waals surface area contributed by atoms with Gasteiger partial charge in [0.2, 0.25) is 10.0 Å². The van der Waals surface area contributed by atoms with Gasteiger partial charge in [0.1, 0.15) is 0 Å². The van der Waals surface area contributed by atoms with Gasteiger partial charge in [-0.25, -0.2) is 13.1 Å². The summed E-state index contributed by atoms with van der Waals surface area (Å²) in [5.74, 6) is -0.774. The Kier molecular flexibility index (Phi) is 8.20. The molecule has 114 valence electrons. The second-order valence-electron chi connectivity index (χ2n) is 5.37. The molecule has 0 bridgehead atoms. The van der Waals surface area contributed by atoms with Gasteiger partial charge in [-0.2, -0.15) is 0 Å². The third-order valence-electron chi connectivity index (χ3n) is 2.90. The minimum absolute atomic E-state index is 0.0520. The minimum Gasteiger partial charge on any atom is -0.481 e. The molecule has 0 amide bonds. The summed E-state index contributed by atoms with van der Waals surface area (Å²) in [5, 5.41) is 8.63. The molecule has 0 aliphatic heterocycles. The highest BCUT2D eigenvalue weighted by Gasteiger charge is 2.20. The molecule has 0 aliphatic carbocycles. The van der Waals surface area contributed by atoms with E-state index >= 15 is 0 Å². The van der Waals surface area contributed by atoms with Crippen LogP contribution in [0.4, 0.5) is 0 Å². The Morgan fingerprint density at radius 2 is 1.95 bits per heavy atom. The van der Waals surface area contributed by atoms with Gasteiger partial charge >= 0.3 is 5.97 Å². The summed E-state index contributed by atoms with van der Waals surface area (Å²) in [7, 11) is -1.72. The van der Waals surface area contributed by atoms with E-state index in [1.54, 1.807) is 0 Å². The number of ether oxygens (including phenoxy) is 1. The topological polar surface area (TPSA) is 92.7 Å². The van der Waals surface area contributed by atoms with Crippen LogP contribution in [0.1, 0.15) is 39.5 Å². The van der Waals surface area contributed by atoms with Crippen LogP contribution in [0.5, 0.6) is 0 Å². The summed E-state index contributed by atoms with van der Waals surface area (Å²) in [5.41, 5.74) is -0.187. The Labute approximate surface area is 115 Å². The monoisotopic (exact) mass is 295 g/mol. The van der Waals surface area contributed by atoms with Crippen LogP contribution < -0.4 is 4.72 Å². The van der Waals surface area contributed by atoms with Gasteiger partial charge in [-0.05, 0) is 24.7 Å². The Balaban J connectivity index is 3.96. The molecule has 0 unspecified atom stereocenters. The summed E-state index contributed by atoms with van der Waals surface area (Å²) in [6.45, 7) is 4.64. The zero-order valence-corrected chi connectivity index (χ0v) is 12.8. The fraction of sp³-hybridized carbons (Fsp3) is 0.917. The number of aliphatic carboxylic acids is 1. The fourth-order valence-corrected chi connectivity index (χ4v) is 2.64. The molecule has 0 atom stereocenters. The number of hydrogen-bond donors (Lipinski definition) is 2. The average molecular weight is 295 g/mol. The van der Waals surface area contributed by atoms with Gasteiger partial charge in [-0.1, -0.05) is 13.8 Å². The van der Waals surface area contributed by atoms with Gasteiger partial charge < -0.3 is 9.84 Å². The highest BCUT2D eigenvalue weighted by Crippen LogP contribution is 2.26. The van der Waals surface area contributed by atoms with Gasteiger partial charge in [-0.3, -0.25) is 4.79 Å². The number of methoxy groups -OCH3 is 1. The number of carboxylic acid groups (broad SMARTS) is 1. The van der Waals surface area contributed by atoms with Crippen LogP contribution in [-0.4, -0.2) is 45.5 Å². The Morgan fingerprint density at radius 3 is 2.47 bits per heavy atom. The standard InChI is InChI=1S/C12H25NO5S/c1-12(2,6-5-11(14)15)7-8-13-19(16,17)10-4-9-18-3/h13H,4-10H2,1-3H3,(H,14,15). The van der Waals surface area contributed by atoms with Crippen molar-refractivity contribution in [2.45, 2.75) is 39.5 Å². The van der Waals surface area contributed by atoms with Crippen molar-refractivity contribution in [3.63, 3.8) is 0 Å². The molecular weight excluding hydrogens is 270 g/mol. The molecule has 7 heteroatoms. The molecule has 0 aromatic carbocycles. The maximum absolute atomic E-state index is 11.6. The van der Waals surface area contributed by atoms with Crippen LogP contribution in [0.3, 0.4) is 0 Å². The lowest BCUT2D eigenvalue weighted by Crippen LogP contribution is -2.30. The Hall–Kier alpha value is -0.660. The smallest absolute Gasteiger partial charge is 0.303 e. The zero-order valence-electron chi connectivity index (χ0n) is 11.9. The number of carboxylic acids is 1. The summed E-state index contributed by atoms with van der Waals surface area (Å²) >= 11 is 0. The highest BCUT2D eigenvalue weighted by atomic mass is 32.2. The van der Waals surface area contributed by atoms with E-state index in [1.807, 2.05) is 13.8 Å². The first-order chi connectivity index (χ1) is 8.68. The molecule has 6 nitrogen and oxygen atoms in total. The van der Waals surface area contributed by atoms with E-state index in [4.69, 9.17) is 9.84 Å². The third-order valence-corrected chi connectivity index (χ3v) is 4.37. The molecule has 0 rings (SSSR count). The van der Waals surface area contributed by atoms with Gasteiger partial charge in [0.25, 0.3) is 0 Å². The number of sulfonamides is 1. The Bertz CT molecular complexity index is 364. The van der Waals surface area contributed by atoms with Crippen molar-refractivity contribution in [2.24, 2.45) is 5.41 Å². The number of carbonyl (C=O) groups is 1. The minimum atomic E-state index is -3.25. The van der Waals surface area contributed by atoms with E-state index in [0.29, 0.717) is 32.4 Å². The molecule has 0 saturated carbocycles. The molecule has 0 spiro atoms. The molecule has 0 aliphatic rings. The summed E-state index contributed by atoms with van der Waals surface area (Å²) in [6, 6.07) is 0. The first kappa shape index (κ1) is 18.3. The second-order valence-corrected chi connectivity index (χ2v) is 7.29. The largest absolute Gasteiger partial charge is 0.481 e. The predicted molar refractivity (Wildman–Crippen MR) is 73.6 cm³/mol. The number of rotatable bonds is 11. The van der Waals surface area contributed by atoms with E-state index < -0.39 is 16.0 Å². The number of hydrogen-bond acceptors (Lipinski definition) is 4. The van der Waals surface area contributed by atoms with Crippen molar-refractivity contribution in [3.8, 4) is 0 Å². The van der Waals surface area contributed by atoms with Crippen molar-refractivity contribution >= 4 is 16.0 Å². The Morgan fingerprint density at radius 1 is 1.32 bits per heavy atom. The lowest BCUT2D eigenvalue weighted by Gasteiger charge is -2.23. The van der Waals surface area contributed by atoms with Gasteiger partial charge in [0.15, 0.2) is 0 Å². The first-order valence-electron chi connectivity index (χ1n) is 6.37. The van der Waals surface area contributed by atoms with Crippen molar-refractivity contribution in [2.75, 3.05) is 26.0 Å². The number of nitrogens with one attached hydrogen (secondary N) is 1. The zero-order chi connectivity index (χ0) is 14.9. The quantitative estimate of drug-likeness (QED) is 0.559. The summed E-state index contributed by atoms with van der Waals surface area (Å²) in [6.07, 6.45) is 1.72. The fourth-order valence-electron chi connectivity index (χ4n) is 1.58. The highest BCUT2D eigenvalue weighted by molar-refractivity contribution is 7.89. The molecule has 0 heterocycles. The van der Waals surface area contributed by atoms with E-state index in [-0.39, 0.29) is 17.6 Å². The lowest BCUT2D eigenvalue weighted by molar-refractivity contribution is -0.137. The normalized spacial score (nSPS) is 12.6. The lowest BCUT2D eigenvalue weighted by atomic mass is 9.84. The van der Waals surface area contributed by atoms with Crippen molar-refractivity contribution < 1.29 is 23.1 Å². The van der Waals surface area contributed by atoms with Gasteiger partial charge in [0.05, 0.1) is 5.75 Å². The van der Waals surface area contributed by atoms with E-state index in [2.05, 4.69) is 4.72 Å². The van der Waals surface area contributed by atoms with E-state index in [0.717, 1.165) is 0 Å². The van der Waals surface area contributed by atoms with Crippen LogP contribution in [0.15, 0.2) is 0 Å². The third kappa shape index (κ3) is 10.9. The summed E-state index contributed by atoms with van der Waals surface area (Å²) < 4.78 is 30.5. The van der Waals surface area contributed by atoms with Gasteiger partial charge in [0, 0.05) is 26.7 Å². The maximum Gasteiger partial charge on any atom is 0.303 e. The molecule has 0 fully saturated rings. The van der Waals surface area contributed by atoms with Crippen LogP contribution in [0, 0.1) is 5.41 Å². The molecule has 0 saturated heterocycles. The molecule has 0 aromatic rings. The van der Waals surface area contributed by atoms with Crippen molar-refractivity contribution in [1.29, 1.82) is 0 Å². The second kappa shape index (κ2) is 8.50. The van der Waals surface area contributed by atoms with Gasteiger partial charge in [-0.15, -0.1) is 0 Å². The van der Waals surface area contributed by atoms with Crippen LogP contribution in [0.2, 0.25) is 0 Å². The van der Waals surface area contributed by atoms with Crippen molar-refractivity contribution in [3.05, 3.63) is 0 Å². The van der Waals surface area contributed by atoms with Crippen molar-refractivity contribution in [1.82, 2.24) is 4.72 Å². The van der Waals surface area contributed by atoms with E-state index in [9.17, 15) is 13.2 Å². The first-order valence-corrected chi connectivity index (χ1v) is 8.02. The molecule has 2 N–H and O–H groups in total. The molecule has 19 heavy (non-hydrogen) atoms. The van der Waals surface area contributed by atoms with Crippen LogP contribution in [-0.2, 0) is 19.6 Å². The predicted octanol–water partition coefficient (Wildman–Crippen LogP) is 1.22. The van der Waals surface area contributed by atoms with Crippen LogP contribution >= 0.6 is 0 Å². The summed E-state index contributed by atoms with van der Waals surface area (Å²) in [4.78, 5) is 10.5. The molecular formula is C12H25NO5S.